The molecule has 5 nitrogen and oxygen atoms in total. The largest absolute Gasteiger partial charge is 0.481 e. The smallest absolute Gasteiger partial charge is 0.317 e. The Morgan fingerprint density at radius 1 is 0.889 bits per heavy atom. The third kappa shape index (κ3) is 24.2. The quantitative estimate of drug-likeness (QED) is 0.738. The molecule has 0 aliphatic heterocycles. The van der Waals surface area contributed by atoms with Gasteiger partial charge < -0.3 is 10.2 Å². The minimum atomic E-state index is -0.745. The molecule has 0 aromatic rings. The SMILES string of the molecule is CC.CCC(=O)O.CCCN(CCC)CC(=O)O. The molecule has 5 heteroatoms. The van der Waals surface area contributed by atoms with Gasteiger partial charge in [-0.1, -0.05) is 34.6 Å². The van der Waals surface area contributed by atoms with Crippen molar-refractivity contribution in [2.75, 3.05) is 19.6 Å². The van der Waals surface area contributed by atoms with Gasteiger partial charge >= 0.3 is 11.9 Å². The van der Waals surface area contributed by atoms with Crippen LogP contribution >= 0.6 is 0 Å². The normalized spacial score (nSPS) is 8.78. The number of carboxylic acid groups (broad SMARTS) is 2. The molecular weight excluding hydrogens is 234 g/mol. The highest BCUT2D eigenvalue weighted by Crippen LogP contribution is 1.92. The Balaban J connectivity index is -0.000000270. The lowest BCUT2D eigenvalue weighted by molar-refractivity contribution is -0.138. The summed E-state index contributed by atoms with van der Waals surface area (Å²) in [7, 11) is 0. The van der Waals surface area contributed by atoms with Gasteiger partial charge in [0.05, 0.1) is 6.54 Å². The molecule has 18 heavy (non-hydrogen) atoms. The first-order valence-corrected chi connectivity index (χ1v) is 6.63. The average molecular weight is 263 g/mol. The topological polar surface area (TPSA) is 77.8 Å². The highest BCUT2D eigenvalue weighted by atomic mass is 16.4. The number of carbonyl (C=O) groups is 2. The summed E-state index contributed by atoms with van der Waals surface area (Å²) >= 11 is 0. The van der Waals surface area contributed by atoms with Gasteiger partial charge in [0.15, 0.2) is 0 Å². The number of carboxylic acids is 2. The predicted octanol–water partition coefficient (Wildman–Crippen LogP) is 2.70. The maximum Gasteiger partial charge on any atom is 0.317 e. The summed E-state index contributed by atoms with van der Waals surface area (Å²) in [5.41, 5.74) is 0. The molecule has 0 rings (SSSR count). The van der Waals surface area contributed by atoms with Crippen molar-refractivity contribution in [2.45, 2.75) is 53.9 Å². The molecule has 2 N–H and O–H groups in total. The zero-order chi connectivity index (χ0) is 15.0. The maximum atomic E-state index is 10.3. The molecule has 0 radical (unpaired) electrons. The molecule has 0 atom stereocenters. The van der Waals surface area contributed by atoms with E-state index in [-0.39, 0.29) is 13.0 Å². The highest BCUT2D eigenvalue weighted by molar-refractivity contribution is 5.69. The Bertz CT molecular complexity index is 189. The molecule has 110 valence electrons. The van der Waals surface area contributed by atoms with Crippen molar-refractivity contribution in [3.63, 3.8) is 0 Å². The first-order chi connectivity index (χ1) is 8.47. The minimum absolute atomic E-state index is 0.182. The van der Waals surface area contributed by atoms with Crippen molar-refractivity contribution in [2.24, 2.45) is 0 Å². The fourth-order valence-corrected chi connectivity index (χ4v) is 1.09. The van der Waals surface area contributed by atoms with Crippen LogP contribution in [0.3, 0.4) is 0 Å². The number of aliphatic carboxylic acids is 2. The van der Waals surface area contributed by atoms with Crippen LogP contribution in [0, 0.1) is 0 Å². The molecule has 0 aromatic carbocycles. The van der Waals surface area contributed by atoms with Crippen molar-refractivity contribution in [1.82, 2.24) is 4.90 Å². The van der Waals surface area contributed by atoms with Crippen LogP contribution in [0.2, 0.25) is 0 Å². The van der Waals surface area contributed by atoms with E-state index in [9.17, 15) is 9.59 Å². The number of rotatable bonds is 7. The summed E-state index contributed by atoms with van der Waals surface area (Å²) in [6.07, 6.45) is 2.26. The van der Waals surface area contributed by atoms with Gasteiger partial charge in [0, 0.05) is 6.42 Å². The molecule has 0 amide bonds. The molecule has 0 bridgehead atoms. The van der Waals surface area contributed by atoms with E-state index in [1.165, 1.54) is 0 Å². The lowest BCUT2D eigenvalue weighted by atomic mass is 10.3. The first-order valence-electron chi connectivity index (χ1n) is 6.63. The van der Waals surface area contributed by atoms with Crippen LogP contribution in [-0.2, 0) is 9.59 Å². The van der Waals surface area contributed by atoms with E-state index in [1.54, 1.807) is 6.92 Å². The van der Waals surface area contributed by atoms with E-state index < -0.39 is 11.9 Å². The third-order valence-corrected chi connectivity index (χ3v) is 1.74. The lowest BCUT2D eigenvalue weighted by Crippen LogP contribution is -2.31. The molecule has 0 heterocycles. The van der Waals surface area contributed by atoms with E-state index >= 15 is 0 Å². The Kier molecular flexibility index (Phi) is 22.4. The van der Waals surface area contributed by atoms with Gasteiger partial charge in [-0.05, 0) is 25.9 Å². The van der Waals surface area contributed by atoms with Gasteiger partial charge in [0.1, 0.15) is 0 Å². The van der Waals surface area contributed by atoms with Gasteiger partial charge in [-0.3, -0.25) is 14.5 Å². The molecule has 0 aromatic heterocycles. The fourth-order valence-electron chi connectivity index (χ4n) is 1.09. The van der Waals surface area contributed by atoms with Crippen LogP contribution < -0.4 is 0 Å². The molecule has 0 aliphatic carbocycles. The molecule has 0 saturated carbocycles. The van der Waals surface area contributed by atoms with Gasteiger partial charge in [-0.2, -0.15) is 0 Å². The molecule has 0 fully saturated rings. The monoisotopic (exact) mass is 263 g/mol. The first kappa shape index (κ1) is 22.1. The second-order valence-electron chi connectivity index (χ2n) is 3.42. The van der Waals surface area contributed by atoms with Crippen molar-refractivity contribution >= 4 is 11.9 Å². The molecule has 0 saturated heterocycles. The van der Waals surface area contributed by atoms with E-state index in [0.29, 0.717) is 0 Å². The van der Waals surface area contributed by atoms with E-state index in [2.05, 4.69) is 13.8 Å². The maximum absolute atomic E-state index is 10.3. The fraction of sp³-hybridized carbons (Fsp3) is 0.846. The second kappa shape index (κ2) is 18.3. The van der Waals surface area contributed by atoms with Crippen molar-refractivity contribution in [1.29, 1.82) is 0 Å². The van der Waals surface area contributed by atoms with Crippen molar-refractivity contribution in [3.8, 4) is 0 Å². The molecule has 0 unspecified atom stereocenters. The zero-order valence-corrected chi connectivity index (χ0v) is 12.4. The highest BCUT2D eigenvalue weighted by Gasteiger charge is 2.05. The Morgan fingerprint density at radius 2 is 1.22 bits per heavy atom. The second-order valence-corrected chi connectivity index (χ2v) is 3.42. The number of hydrogen-bond acceptors (Lipinski definition) is 3. The molecule has 0 aliphatic rings. The van der Waals surface area contributed by atoms with Crippen molar-refractivity contribution in [3.05, 3.63) is 0 Å². The van der Waals surface area contributed by atoms with Crippen LogP contribution in [0.5, 0.6) is 0 Å². The van der Waals surface area contributed by atoms with Gasteiger partial charge in [0.2, 0.25) is 0 Å². The van der Waals surface area contributed by atoms with Crippen LogP contribution in [-0.4, -0.2) is 46.7 Å². The zero-order valence-electron chi connectivity index (χ0n) is 12.4. The van der Waals surface area contributed by atoms with Crippen LogP contribution in [0.15, 0.2) is 0 Å². The van der Waals surface area contributed by atoms with E-state index in [0.717, 1.165) is 25.9 Å². The lowest BCUT2D eigenvalue weighted by Gasteiger charge is -2.17. The van der Waals surface area contributed by atoms with Crippen molar-refractivity contribution < 1.29 is 19.8 Å². The Morgan fingerprint density at radius 3 is 1.39 bits per heavy atom. The Labute approximate surface area is 111 Å². The summed E-state index contributed by atoms with van der Waals surface area (Å²) in [6.45, 7) is 11.7. The van der Waals surface area contributed by atoms with Crippen LogP contribution in [0.25, 0.3) is 0 Å². The summed E-state index contributed by atoms with van der Waals surface area (Å²) < 4.78 is 0. The Hall–Kier alpha value is -1.10. The van der Waals surface area contributed by atoms with Gasteiger partial charge in [-0.25, -0.2) is 0 Å². The van der Waals surface area contributed by atoms with Gasteiger partial charge in [0.25, 0.3) is 0 Å². The summed E-state index contributed by atoms with van der Waals surface area (Å²) in [5.74, 6) is -1.48. The number of nitrogens with zero attached hydrogens (tertiary/aromatic N) is 1. The van der Waals surface area contributed by atoms with Gasteiger partial charge in [-0.15, -0.1) is 0 Å². The standard InChI is InChI=1S/C8H17NO2.C3H6O2.C2H6/c1-3-5-9(6-4-2)7-8(10)11;1-2-3(4)5;1-2/h3-7H2,1-2H3,(H,10,11);2H2,1H3,(H,4,5);1-2H3. The third-order valence-electron chi connectivity index (χ3n) is 1.74. The average Bonchev–Trinajstić information content (AvgIpc) is 2.32. The van der Waals surface area contributed by atoms with E-state index in [1.807, 2.05) is 18.7 Å². The summed E-state index contributed by atoms with van der Waals surface area (Å²) in [4.78, 5) is 21.6. The minimum Gasteiger partial charge on any atom is -0.481 e. The summed E-state index contributed by atoms with van der Waals surface area (Å²) in [5, 5.41) is 16.2. The number of hydrogen-bond donors (Lipinski definition) is 2. The molecular formula is C13H29NO4. The summed E-state index contributed by atoms with van der Waals surface area (Å²) in [6, 6.07) is 0. The van der Waals surface area contributed by atoms with E-state index in [4.69, 9.17) is 10.2 Å². The predicted molar refractivity (Wildman–Crippen MR) is 73.9 cm³/mol. The molecule has 0 spiro atoms. The van der Waals surface area contributed by atoms with Crippen LogP contribution in [0.4, 0.5) is 0 Å². The van der Waals surface area contributed by atoms with Crippen LogP contribution in [0.1, 0.15) is 53.9 Å².